The molecule has 2 aliphatic rings. The van der Waals surface area contributed by atoms with E-state index < -0.39 is 0 Å². The van der Waals surface area contributed by atoms with Gasteiger partial charge in [0.1, 0.15) is 5.01 Å². The van der Waals surface area contributed by atoms with Crippen molar-refractivity contribution in [1.29, 1.82) is 0 Å². The van der Waals surface area contributed by atoms with Gasteiger partial charge in [-0.3, -0.25) is 0 Å². The highest BCUT2D eigenvalue weighted by atomic mass is 32.1. The van der Waals surface area contributed by atoms with Crippen LogP contribution < -0.4 is 4.90 Å². The Morgan fingerprint density at radius 3 is 1.63 bits per heavy atom. The molecule has 0 amide bonds. The lowest BCUT2D eigenvalue weighted by atomic mass is 9.82. The molecule has 0 saturated heterocycles. The average molecular weight is 711 g/mol. The van der Waals surface area contributed by atoms with Crippen LogP contribution in [-0.4, -0.2) is 4.98 Å². The molecule has 0 spiro atoms. The second kappa shape index (κ2) is 11.2. The lowest BCUT2D eigenvalue weighted by Crippen LogP contribution is -2.18. The van der Waals surface area contributed by atoms with Crippen LogP contribution in [0.4, 0.5) is 17.1 Å². The van der Waals surface area contributed by atoms with Gasteiger partial charge in [0.05, 0.1) is 10.2 Å². The predicted molar refractivity (Wildman–Crippen MR) is 230 cm³/mol. The van der Waals surface area contributed by atoms with E-state index in [2.05, 4.69) is 190 Å². The molecule has 9 aromatic rings. The van der Waals surface area contributed by atoms with Gasteiger partial charge in [0.15, 0.2) is 0 Å². The number of nitrogens with zero attached hydrogens (tertiary/aromatic N) is 2. The summed E-state index contributed by atoms with van der Waals surface area (Å²) < 4.78 is 1.21. The zero-order valence-electron chi connectivity index (χ0n) is 30.8. The Labute approximate surface area is 320 Å². The molecule has 0 bridgehead atoms. The van der Waals surface area contributed by atoms with Gasteiger partial charge in [0.25, 0.3) is 0 Å². The van der Waals surface area contributed by atoms with E-state index in [1.54, 1.807) is 11.3 Å². The lowest BCUT2D eigenvalue weighted by Gasteiger charge is -2.30. The van der Waals surface area contributed by atoms with E-state index in [9.17, 15) is 0 Å². The molecule has 2 nitrogen and oxygen atoms in total. The van der Waals surface area contributed by atoms with Crippen LogP contribution >= 0.6 is 11.3 Å². The summed E-state index contributed by atoms with van der Waals surface area (Å²) in [6.45, 7) is 9.46. The molecular formula is C51H38N2S. The van der Waals surface area contributed by atoms with Crippen LogP contribution in [0.2, 0.25) is 0 Å². The first kappa shape index (κ1) is 31.5. The number of aromatic nitrogens is 1. The van der Waals surface area contributed by atoms with Crippen molar-refractivity contribution in [3.63, 3.8) is 0 Å². The van der Waals surface area contributed by atoms with E-state index >= 15 is 0 Å². The molecule has 0 N–H and O–H groups in total. The van der Waals surface area contributed by atoms with Gasteiger partial charge in [-0.05, 0) is 103 Å². The fourth-order valence-electron chi connectivity index (χ4n) is 9.48. The third-order valence-electron chi connectivity index (χ3n) is 12.3. The van der Waals surface area contributed by atoms with Crippen LogP contribution in [0, 0.1) is 0 Å². The second-order valence-electron chi connectivity index (χ2n) is 16.0. The van der Waals surface area contributed by atoms with E-state index in [0.29, 0.717) is 0 Å². The van der Waals surface area contributed by atoms with Crippen molar-refractivity contribution in [3.8, 4) is 32.8 Å². The average Bonchev–Trinajstić information content (AvgIpc) is 3.82. The summed E-state index contributed by atoms with van der Waals surface area (Å²) >= 11 is 1.77. The third-order valence-corrected chi connectivity index (χ3v) is 13.3. The topological polar surface area (TPSA) is 16.1 Å². The number of rotatable bonds is 4. The van der Waals surface area contributed by atoms with Crippen molar-refractivity contribution >= 4 is 60.2 Å². The molecule has 0 atom stereocenters. The van der Waals surface area contributed by atoms with Gasteiger partial charge in [-0.15, -0.1) is 11.3 Å². The zero-order chi connectivity index (χ0) is 36.3. The Morgan fingerprint density at radius 2 is 0.981 bits per heavy atom. The van der Waals surface area contributed by atoms with Crippen LogP contribution in [0.1, 0.15) is 49.9 Å². The molecule has 1 heterocycles. The van der Waals surface area contributed by atoms with Gasteiger partial charge in [-0.1, -0.05) is 143 Å². The Bertz CT molecular complexity index is 2900. The summed E-state index contributed by atoms with van der Waals surface area (Å²) in [6, 6.07) is 58.6. The van der Waals surface area contributed by atoms with Gasteiger partial charge < -0.3 is 4.90 Å². The van der Waals surface area contributed by atoms with Crippen molar-refractivity contribution in [1.82, 2.24) is 4.98 Å². The molecule has 0 aliphatic heterocycles. The molecule has 11 rings (SSSR count). The van der Waals surface area contributed by atoms with Crippen molar-refractivity contribution in [2.24, 2.45) is 0 Å². The fourth-order valence-corrected chi connectivity index (χ4v) is 10.5. The number of fused-ring (bicyclic) bond motifs is 11. The van der Waals surface area contributed by atoms with Crippen LogP contribution in [-0.2, 0) is 10.8 Å². The number of benzene rings is 8. The molecule has 0 fully saturated rings. The molecule has 1 aromatic heterocycles. The smallest absolute Gasteiger partial charge is 0.124 e. The van der Waals surface area contributed by atoms with Gasteiger partial charge >= 0.3 is 0 Å². The standard InChI is InChI=1S/C51H38N2S/c1-50(2)42-16-10-8-14-38(42)40-25-22-35(29-44(40)50)53(36-23-26-41-39-15-9-11-17-43(39)51(3,4)45(41)30-36)34-21-24-37-33(28-34)19-18-31-20-27-46-48(47(31)37)52-49(54-46)32-12-6-5-7-13-32/h5-30H,1-4H3. The molecule has 3 heteroatoms. The van der Waals surface area contributed by atoms with Crippen LogP contribution in [0.25, 0.3) is 64.6 Å². The molecule has 0 unspecified atom stereocenters. The number of anilines is 3. The van der Waals surface area contributed by atoms with Crippen LogP contribution in [0.3, 0.4) is 0 Å². The summed E-state index contributed by atoms with van der Waals surface area (Å²) in [5.74, 6) is 0. The first-order chi connectivity index (χ1) is 26.3. The van der Waals surface area contributed by atoms with Crippen molar-refractivity contribution in [3.05, 3.63) is 180 Å². The van der Waals surface area contributed by atoms with Crippen molar-refractivity contribution < 1.29 is 0 Å². The first-order valence-corrected chi connectivity index (χ1v) is 19.7. The van der Waals surface area contributed by atoms with Gasteiger partial charge in [0, 0.05) is 38.8 Å². The summed E-state index contributed by atoms with van der Waals surface area (Å²) in [4.78, 5) is 7.72. The number of hydrogen-bond donors (Lipinski definition) is 0. The normalized spacial score (nSPS) is 14.6. The van der Waals surface area contributed by atoms with Crippen molar-refractivity contribution in [2.75, 3.05) is 4.90 Å². The maximum atomic E-state index is 5.25. The lowest BCUT2D eigenvalue weighted by molar-refractivity contribution is 0.660. The van der Waals surface area contributed by atoms with Gasteiger partial charge in [-0.2, -0.15) is 0 Å². The van der Waals surface area contributed by atoms with E-state index in [4.69, 9.17) is 4.98 Å². The quantitative estimate of drug-likeness (QED) is 0.169. The molecule has 2 aliphatic carbocycles. The van der Waals surface area contributed by atoms with Gasteiger partial charge in [0.2, 0.25) is 0 Å². The molecule has 0 radical (unpaired) electrons. The first-order valence-electron chi connectivity index (χ1n) is 18.9. The minimum atomic E-state index is -0.102. The molecular weight excluding hydrogens is 673 g/mol. The number of thiazole rings is 1. The largest absolute Gasteiger partial charge is 0.310 e. The maximum absolute atomic E-state index is 5.25. The fraction of sp³-hybridized carbons (Fsp3) is 0.118. The maximum Gasteiger partial charge on any atom is 0.124 e. The summed E-state index contributed by atoms with van der Waals surface area (Å²) in [7, 11) is 0. The molecule has 54 heavy (non-hydrogen) atoms. The minimum absolute atomic E-state index is 0.102. The Hall–Kier alpha value is -6.03. The minimum Gasteiger partial charge on any atom is -0.310 e. The van der Waals surface area contributed by atoms with E-state index in [0.717, 1.165) is 33.1 Å². The summed E-state index contributed by atoms with van der Waals surface area (Å²) in [5, 5.41) is 5.92. The SMILES string of the molecule is CC1(C)c2ccccc2-c2ccc(N(c3ccc4c(c3)C(C)(C)c3ccccc3-4)c3ccc4c(ccc5ccc6sc(-c7ccccc7)nc6c54)c3)cc21. The summed E-state index contributed by atoms with van der Waals surface area (Å²) in [6.07, 6.45) is 0. The monoisotopic (exact) mass is 710 g/mol. The van der Waals surface area contributed by atoms with Crippen LogP contribution in [0.5, 0.6) is 0 Å². The van der Waals surface area contributed by atoms with Crippen molar-refractivity contribution in [2.45, 2.75) is 38.5 Å². The number of hydrogen-bond acceptors (Lipinski definition) is 3. The zero-order valence-corrected chi connectivity index (χ0v) is 31.6. The Kier molecular flexibility index (Phi) is 6.56. The Balaban J connectivity index is 1.11. The Morgan fingerprint density at radius 1 is 0.463 bits per heavy atom. The highest BCUT2D eigenvalue weighted by Crippen LogP contribution is 2.53. The highest BCUT2D eigenvalue weighted by molar-refractivity contribution is 7.21. The summed E-state index contributed by atoms with van der Waals surface area (Å²) in [5.41, 5.74) is 16.4. The second-order valence-corrected chi connectivity index (χ2v) is 17.0. The molecule has 8 aromatic carbocycles. The molecule has 0 saturated carbocycles. The highest BCUT2D eigenvalue weighted by Gasteiger charge is 2.37. The van der Waals surface area contributed by atoms with Crippen LogP contribution in [0.15, 0.2) is 158 Å². The van der Waals surface area contributed by atoms with E-state index in [1.165, 1.54) is 70.8 Å². The van der Waals surface area contributed by atoms with E-state index in [1.807, 2.05) is 0 Å². The predicted octanol–water partition coefficient (Wildman–Crippen LogP) is 14.4. The third kappa shape index (κ3) is 4.42. The van der Waals surface area contributed by atoms with Gasteiger partial charge in [-0.25, -0.2) is 4.98 Å². The van der Waals surface area contributed by atoms with E-state index in [-0.39, 0.29) is 10.8 Å². The molecule has 258 valence electrons.